The fourth-order valence-corrected chi connectivity index (χ4v) is 2.73. The van der Waals surface area contributed by atoms with E-state index in [1.165, 1.54) is 18.2 Å². The molecule has 3 aromatic rings. The molecule has 0 spiro atoms. The summed E-state index contributed by atoms with van der Waals surface area (Å²) >= 11 is 0.796. The molecule has 2 heterocycles. The Morgan fingerprint density at radius 1 is 1.27 bits per heavy atom. The van der Waals surface area contributed by atoms with E-state index in [0.29, 0.717) is 17.2 Å². The molecule has 1 N–H and O–H groups in total. The van der Waals surface area contributed by atoms with E-state index in [-0.39, 0.29) is 21.6 Å². The minimum atomic E-state index is -1.18. The van der Waals surface area contributed by atoms with E-state index in [4.69, 9.17) is 8.83 Å². The van der Waals surface area contributed by atoms with Crippen molar-refractivity contribution < 1.29 is 23.7 Å². The van der Waals surface area contributed by atoms with Crippen molar-refractivity contribution in [3.63, 3.8) is 0 Å². The van der Waals surface area contributed by atoms with Crippen LogP contribution in [-0.4, -0.2) is 26.2 Å². The summed E-state index contributed by atoms with van der Waals surface area (Å²) in [5.74, 6) is -0.210. The molecule has 132 valence electrons. The monoisotopic (exact) mass is 373 g/mol. The van der Waals surface area contributed by atoms with Crippen molar-refractivity contribution in [3.8, 4) is 11.3 Å². The maximum Gasteiger partial charge on any atom is 0.342 e. The topological polar surface area (TPSA) is 132 Å². The van der Waals surface area contributed by atoms with E-state index in [2.05, 4.69) is 10.2 Å². The maximum atomic E-state index is 11.4. The van der Waals surface area contributed by atoms with E-state index < -0.39 is 10.9 Å². The highest BCUT2D eigenvalue weighted by Crippen LogP contribution is 2.30. The lowest BCUT2D eigenvalue weighted by molar-refractivity contribution is -0.384. The molecule has 2 aromatic heterocycles. The molecule has 0 saturated carbocycles. The van der Waals surface area contributed by atoms with Gasteiger partial charge in [0.2, 0.25) is 5.89 Å². The number of carbonyl (C=O) groups is 1. The maximum absolute atomic E-state index is 11.4. The molecule has 0 aliphatic rings. The fraction of sp³-hybridized carbons (Fsp3) is 0.0625. The number of carboxylic acid groups (broad SMARTS) is 1. The van der Waals surface area contributed by atoms with Crippen molar-refractivity contribution >= 4 is 29.5 Å². The van der Waals surface area contributed by atoms with Crippen LogP contribution >= 0.6 is 11.8 Å². The highest BCUT2D eigenvalue weighted by atomic mass is 32.2. The first-order chi connectivity index (χ1) is 12.4. The molecule has 0 bridgehead atoms. The smallest absolute Gasteiger partial charge is 0.342 e. The summed E-state index contributed by atoms with van der Waals surface area (Å²) in [6.07, 6.45) is 1.31. The van der Waals surface area contributed by atoms with E-state index in [1.807, 2.05) is 0 Å². The lowest BCUT2D eigenvalue weighted by Crippen LogP contribution is -1.96. The average molecular weight is 373 g/mol. The molecule has 0 amide bonds. The van der Waals surface area contributed by atoms with Gasteiger partial charge in [-0.1, -0.05) is 12.1 Å². The Morgan fingerprint density at radius 3 is 2.73 bits per heavy atom. The lowest BCUT2D eigenvalue weighted by atomic mass is 10.1. The van der Waals surface area contributed by atoms with Crippen molar-refractivity contribution in [3.05, 3.63) is 63.1 Å². The number of aliphatic carboxylic acids is 1. The first-order valence-electron chi connectivity index (χ1n) is 7.20. The largest absolute Gasteiger partial charge is 0.477 e. The summed E-state index contributed by atoms with van der Waals surface area (Å²) < 4.78 is 10.7. The van der Waals surface area contributed by atoms with Crippen molar-refractivity contribution in [1.29, 1.82) is 0 Å². The summed E-state index contributed by atoms with van der Waals surface area (Å²) in [5.41, 5.74) is 0.445. The van der Waals surface area contributed by atoms with Gasteiger partial charge in [-0.25, -0.2) is 4.79 Å². The Labute approximate surface area is 150 Å². The number of aromatic nitrogens is 2. The van der Waals surface area contributed by atoms with E-state index >= 15 is 0 Å². The number of carboxylic acids is 1. The van der Waals surface area contributed by atoms with E-state index in [9.17, 15) is 20.0 Å². The van der Waals surface area contributed by atoms with Crippen molar-refractivity contribution in [2.24, 2.45) is 0 Å². The van der Waals surface area contributed by atoms with Crippen LogP contribution in [0.5, 0.6) is 0 Å². The summed E-state index contributed by atoms with van der Waals surface area (Å²) in [4.78, 5) is 21.7. The third kappa shape index (κ3) is 3.98. The van der Waals surface area contributed by atoms with Gasteiger partial charge in [0, 0.05) is 30.7 Å². The van der Waals surface area contributed by atoms with Crippen LogP contribution in [0.3, 0.4) is 0 Å². The van der Waals surface area contributed by atoms with Crippen LogP contribution in [0.15, 0.2) is 55.4 Å². The molecule has 0 atom stereocenters. The van der Waals surface area contributed by atoms with Crippen molar-refractivity contribution in [2.75, 3.05) is 0 Å². The Balaban J connectivity index is 1.87. The number of thioether (sulfide) groups is 1. The molecule has 26 heavy (non-hydrogen) atoms. The Morgan fingerprint density at radius 2 is 2.08 bits per heavy atom. The molecule has 0 aliphatic heterocycles. The molecule has 1 aromatic carbocycles. The lowest BCUT2D eigenvalue weighted by Gasteiger charge is -1.98. The van der Waals surface area contributed by atoms with Gasteiger partial charge in [0.25, 0.3) is 10.9 Å². The Bertz CT molecular complexity index is 1010. The summed E-state index contributed by atoms with van der Waals surface area (Å²) in [5, 5.41) is 27.7. The minimum absolute atomic E-state index is 0.0652. The number of benzene rings is 1. The van der Waals surface area contributed by atoms with Gasteiger partial charge in [-0.2, -0.15) is 0 Å². The zero-order valence-corrected chi connectivity index (χ0v) is 14.1. The molecular formula is C16H11N3O6S. The number of nitro benzene ring substituents is 1. The third-order valence-electron chi connectivity index (χ3n) is 3.16. The summed E-state index contributed by atoms with van der Waals surface area (Å²) in [6, 6.07) is 9.12. The van der Waals surface area contributed by atoms with Crippen LogP contribution in [0.4, 0.5) is 5.69 Å². The third-order valence-corrected chi connectivity index (χ3v) is 4.01. The fourth-order valence-electron chi connectivity index (χ4n) is 2.04. The summed E-state index contributed by atoms with van der Waals surface area (Å²) in [6.45, 7) is 1.60. The average Bonchev–Trinajstić information content (AvgIpc) is 3.23. The number of hydrogen-bond acceptors (Lipinski definition) is 8. The number of rotatable bonds is 6. The first-order valence-corrected chi connectivity index (χ1v) is 8.01. The molecule has 0 fully saturated rings. The van der Waals surface area contributed by atoms with Gasteiger partial charge in [-0.05, 0) is 23.9 Å². The molecular weight excluding hydrogens is 362 g/mol. The van der Waals surface area contributed by atoms with Gasteiger partial charge in [-0.3, -0.25) is 10.1 Å². The first kappa shape index (κ1) is 17.4. The van der Waals surface area contributed by atoms with Crippen LogP contribution in [0, 0.1) is 17.0 Å². The summed E-state index contributed by atoms with van der Waals surface area (Å²) in [7, 11) is 0. The SMILES string of the molecule is Cc1nnc(S/C(=C\c2ccc(-c3cccc([N+](=O)[O-])c3)o2)C(=O)O)o1. The molecule has 3 rings (SSSR count). The van der Waals surface area contributed by atoms with Crippen LogP contribution in [0.2, 0.25) is 0 Å². The van der Waals surface area contributed by atoms with Crippen LogP contribution in [0.1, 0.15) is 11.7 Å². The second-order valence-electron chi connectivity index (χ2n) is 5.01. The highest BCUT2D eigenvalue weighted by molar-refractivity contribution is 8.03. The highest BCUT2D eigenvalue weighted by Gasteiger charge is 2.16. The van der Waals surface area contributed by atoms with Crippen molar-refractivity contribution in [1.82, 2.24) is 10.2 Å². The Hall–Kier alpha value is -3.40. The number of non-ortho nitro benzene ring substituents is 1. The zero-order chi connectivity index (χ0) is 18.7. The van der Waals surface area contributed by atoms with Gasteiger partial charge < -0.3 is 13.9 Å². The molecule has 10 heteroatoms. The number of aryl methyl sites for hydroxylation is 1. The molecule has 0 radical (unpaired) electrons. The molecule has 0 aliphatic carbocycles. The quantitative estimate of drug-likeness (QED) is 0.297. The second kappa shape index (κ2) is 7.23. The Kier molecular flexibility index (Phi) is 4.85. The number of nitrogens with zero attached hydrogens (tertiary/aromatic N) is 3. The second-order valence-corrected chi connectivity index (χ2v) is 6.01. The van der Waals surface area contributed by atoms with E-state index in [1.54, 1.807) is 31.2 Å². The van der Waals surface area contributed by atoms with Gasteiger partial charge in [-0.15, -0.1) is 10.2 Å². The standard InChI is InChI=1S/C16H11N3O6S/c1-9-17-18-16(24-9)26-14(15(20)21)8-12-5-6-13(25-12)10-3-2-4-11(7-10)19(22)23/h2-8H,1H3,(H,20,21)/b14-8-. The van der Waals surface area contributed by atoms with Gasteiger partial charge in [0.05, 0.1) is 4.92 Å². The number of nitro groups is 1. The molecule has 0 saturated heterocycles. The zero-order valence-electron chi connectivity index (χ0n) is 13.3. The number of furan rings is 1. The minimum Gasteiger partial charge on any atom is -0.477 e. The van der Waals surface area contributed by atoms with Crippen LogP contribution < -0.4 is 0 Å². The number of hydrogen-bond donors (Lipinski definition) is 1. The van der Waals surface area contributed by atoms with Gasteiger partial charge in [0.15, 0.2) is 0 Å². The predicted molar refractivity (Wildman–Crippen MR) is 91.3 cm³/mol. The molecule has 9 nitrogen and oxygen atoms in total. The van der Waals surface area contributed by atoms with Gasteiger partial charge in [0.1, 0.15) is 16.4 Å². The normalized spacial score (nSPS) is 11.5. The van der Waals surface area contributed by atoms with E-state index in [0.717, 1.165) is 11.8 Å². The molecule has 0 unspecified atom stereocenters. The van der Waals surface area contributed by atoms with Crippen LogP contribution in [0.25, 0.3) is 17.4 Å². The van der Waals surface area contributed by atoms with Gasteiger partial charge >= 0.3 is 5.97 Å². The van der Waals surface area contributed by atoms with Crippen molar-refractivity contribution in [2.45, 2.75) is 12.1 Å². The predicted octanol–water partition coefficient (Wildman–Crippen LogP) is 3.76. The van der Waals surface area contributed by atoms with Crippen LogP contribution in [-0.2, 0) is 4.79 Å².